The first-order valence-electron chi connectivity index (χ1n) is 6.15. The molecular weight excluding hydrogens is 248 g/mol. The van der Waals surface area contributed by atoms with Gasteiger partial charge in [-0.3, -0.25) is 0 Å². The molecule has 2 aromatic heterocycles. The van der Waals surface area contributed by atoms with Gasteiger partial charge in [0.05, 0.1) is 0 Å². The monoisotopic (exact) mass is 260 g/mol. The molecule has 0 unspecified atom stereocenters. The Hall–Kier alpha value is -1.55. The van der Waals surface area contributed by atoms with Crippen LogP contribution in [-0.2, 0) is 0 Å². The highest BCUT2D eigenvalue weighted by Crippen LogP contribution is 2.34. The fraction of sp³-hybridized carbons (Fsp3) is 0.385. The molecule has 0 N–H and O–H groups in total. The Labute approximate surface area is 110 Å². The van der Waals surface area contributed by atoms with Gasteiger partial charge in [-0.2, -0.15) is 0 Å². The number of nitrogens with zero attached hydrogens (tertiary/aromatic N) is 4. The smallest absolute Gasteiger partial charge is 0.199 e. The van der Waals surface area contributed by atoms with Gasteiger partial charge in [0.2, 0.25) is 0 Å². The van der Waals surface area contributed by atoms with Crippen molar-refractivity contribution in [2.24, 2.45) is 0 Å². The van der Waals surface area contributed by atoms with E-state index in [0.29, 0.717) is 22.7 Å². The second kappa shape index (κ2) is 4.98. The molecule has 0 aromatic carbocycles. The molecule has 92 valence electrons. The van der Waals surface area contributed by atoms with Crippen LogP contribution in [0.25, 0.3) is 11.6 Å². The predicted molar refractivity (Wildman–Crippen MR) is 69.3 cm³/mol. The lowest BCUT2D eigenvalue weighted by Crippen LogP contribution is -2.02. The summed E-state index contributed by atoms with van der Waals surface area (Å²) in [6, 6.07) is 3.63. The zero-order valence-electron chi connectivity index (χ0n) is 9.88. The zero-order valence-corrected chi connectivity index (χ0v) is 10.6. The average Bonchev–Trinajstić information content (AvgIpc) is 2.93. The van der Waals surface area contributed by atoms with E-state index in [4.69, 9.17) is 11.6 Å². The second-order valence-electron chi connectivity index (χ2n) is 4.49. The van der Waals surface area contributed by atoms with E-state index in [1.54, 1.807) is 18.5 Å². The van der Waals surface area contributed by atoms with Gasteiger partial charge in [0.15, 0.2) is 11.6 Å². The van der Waals surface area contributed by atoms with E-state index in [0.717, 1.165) is 5.69 Å². The molecule has 0 atom stereocenters. The normalized spacial score (nSPS) is 16.1. The minimum absolute atomic E-state index is 0.467. The van der Waals surface area contributed by atoms with Crippen molar-refractivity contribution >= 4 is 11.6 Å². The first kappa shape index (κ1) is 11.5. The minimum atomic E-state index is 0.467. The molecule has 5 heteroatoms. The molecule has 0 bridgehead atoms. The standard InChI is InChI=1S/C13H13ClN4/c14-11-8-10(9-4-1-2-5-9)17-13(18-11)12-15-6-3-7-16-12/h3,6-9H,1-2,4-5H2. The molecule has 0 spiro atoms. The molecule has 2 heterocycles. The summed E-state index contributed by atoms with van der Waals surface area (Å²) in [5.41, 5.74) is 1.02. The number of halogens is 1. The third-order valence-electron chi connectivity index (χ3n) is 3.25. The second-order valence-corrected chi connectivity index (χ2v) is 4.88. The van der Waals surface area contributed by atoms with Gasteiger partial charge in [0.25, 0.3) is 0 Å². The summed E-state index contributed by atoms with van der Waals surface area (Å²) in [7, 11) is 0. The Morgan fingerprint density at radius 2 is 1.72 bits per heavy atom. The van der Waals surface area contributed by atoms with Crippen molar-refractivity contribution in [3.05, 3.63) is 35.4 Å². The summed E-state index contributed by atoms with van der Waals surface area (Å²) in [5, 5.41) is 0.467. The number of aromatic nitrogens is 4. The van der Waals surface area contributed by atoms with Crippen LogP contribution in [0, 0.1) is 0 Å². The molecule has 1 aliphatic carbocycles. The molecular formula is C13H13ClN4. The summed E-state index contributed by atoms with van der Waals surface area (Å²) in [4.78, 5) is 17.1. The maximum absolute atomic E-state index is 6.07. The van der Waals surface area contributed by atoms with Crippen molar-refractivity contribution in [3.63, 3.8) is 0 Å². The zero-order chi connectivity index (χ0) is 12.4. The molecule has 0 amide bonds. The highest BCUT2D eigenvalue weighted by atomic mass is 35.5. The van der Waals surface area contributed by atoms with Gasteiger partial charge in [0.1, 0.15) is 5.15 Å². The third kappa shape index (κ3) is 2.34. The van der Waals surface area contributed by atoms with Crippen LogP contribution in [0.1, 0.15) is 37.3 Å². The molecule has 0 aliphatic heterocycles. The van der Waals surface area contributed by atoms with Crippen molar-refractivity contribution in [2.75, 3.05) is 0 Å². The predicted octanol–water partition coefficient (Wildman–Crippen LogP) is 3.24. The lowest BCUT2D eigenvalue weighted by molar-refractivity contribution is 0.694. The Kier molecular flexibility index (Phi) is 3.19. The quantitative estimate of drug-likeness (QED) is 0.778. The van der Waals surface area contributed by atoms with Crippen molar-refractivity contribution < 1.29 is 0 Å². The van der Waals surface area contributed by atoms with E-state index in [9.17, 15) is 0 Å². The van der Waals surface area contributed by atoms with Gasteiger partial charge in [0, 0.05) is 24.0 Å². The van der Waals surface area contributed by atoms with Crippen molar-refractivity contribution in [3.8, 4) is 11.6 Å². The van der Waals surface area contributed by atoms with E-state index in [1.165, 1.54) is 25.7 Å². The molecule has 0 saturated heterocycles. The molecule has 1 saturated carbocycles. The highest BCUT2D eigenvalue weighted by Gasteiger charge is 2.20. The van der Waals surface area contributed by atoms with E-state index in [-0.39, 0.29) is 0 Å². The maximum atomic E-state index is 6.07. The topological polar surface area (TPSA) is 51.6 Å². The van der Waals surface area contributed by atoms with Crippen LogP contribution in [0.5, 0.6) is 0 Å². The van der Waals surface area contributed by atoms with Gasteiger partial charge in [-0.1, -0.05) is 24.4 Å². The fourth-order valence-corrected chi connectivity index (χ4v) is 2.57. The van der Waals surface area contributed by atoms with Crippen LogP contribution in [0.4, 0.5) is 0 Å². The summed E-state index contributed by atoms with van der Waals surface area (Å²) in [5.74, 6) is 1.55. The Morgan fingerprint density at radius 3 is 2.44 bits per heavy atom. The van der Waals surface area contributed by atoms with Crippen LogP contribution in [0.15, 0.2) is 24.5 Å². The SMILES string of the molecule is Clc1cc(C2CCCC2)nc(-c2ncccn2)n1. The van der Waals surface area contributed by atoms with E-state index >= 15 is 0 Å². The Morgan fingerprint density at radius 1 is 1.00 bits per heavy atom. The Balaban J connectivity index is 2.00. The van der Waals surface area contributed by atoms with E-state index in [1.807, 2.05) is 6.07 Å². The van der Waals surface area contributed by atoms with Crippen molar-refractivity contribution in [2.45, 2.75) is 31.6 Å². The van der Waals surface area contributed by atoms with Crippen LogP contribution >= 0.6 is 11.6 Å². The van der Waals surface area contributed by atoms with Gasteiger partial charge in [-0.15, -0.1) is 0 Å². The summed E-state index contributed by atoms with van der Waals surface area (Å²) < 4.78 is 0. The molecule has 1 aliphatic rings. The molecule has 4 nitrogen and oxygen atoms in total. The van der Waals surface area contributed by atoms with Crippen molar-refractivity contribution in [1.29, 1.82) is 0 Å². The lowest BCUT2D eigenvalue weighted by atomic mass is 10.0. The minimum Gasteiger partial charge on any atom is -0.234 e. The summed E-state index contributed by atoms with van der Waals surface area (Å²) in [6.07, 6.45) is 8.27. The highest BCUT2D eigenvalue weighted by molar-refractivity contribution is 6.29. The maximum Gasteiger partial charge on any atom is 0.199 e. The lowest BCUT2D eigenvalue weighted by Gasteiger charge is -2.09. The van der Waals surface area contributed by atoms with E-state index in [2.05, 4.69) is 19.9 Å². The van der Waals surface area contributed by atoms with Gasteiger partial charge in [-0.25, -0.2) is 19.9 Å². The fourth-order valence-electron chi connectivity index (χ4n) is 2.38. The van der Waals surface area contributed by atoms with Gasteiger partial charge >= 0.3 is 0 Å². The molecule has 3 rings (SSSR count). The molecule has 2 aromatic rings. The first-order valence-corrected chi connectivity index (χ1v) is 6.52. The van der Waals surface area contributed by atoms with Crippen LogP contribution in [-0.4, -0.2) is 19.9 Å². The number of hydrogen-bond acceptors (Lipinski definition) is 4. The van der Waals surface area contributed by atoms with Crippen LogP contribution in [0.3, 0.4) is 0 Å². The Bertz CT molecular complexity index is 538. The largest absolute Gasteiger partial charge is 0.234 e. The molecule has 1 fully saturated rings. The molecule has 0 radical (unpaired) electrons. The van der Waals surface area contributed by atoms with Crippen LogP contribution in [0.2, 0.25) is 5.15 Å². The first-order chi connectivity index (χ1) is 8.83. The summed E-state index contributed by atoms with van der Waals surface area (Å²) >= 11 is 6.07. The third-order valence-corrected chi connectivity index (χ3v) is 3.45. The van der Waals surface area contributed by atoms with Crippen LogP contribution < -0.4 is 0 Å². The van der Waals surface area contributed by atoms with E-state index < -0.39 is 0 Å². The molecule has 18 heavy (non-hydrogen) atoms. The number of rotatable bonds is 2. The summed E-state index contributed by atoms with van der Waals surface area (Å²) in [6.45, 7) is 0. The van der Waals surface area contributed by atoms with Crippen molar-refractivity contribution in [1.82, 2.24) is 19.9 Å². The number of hydrogen-bond donors (Lipinski definition) is 0. The van der Waals surface area contributed by atoms with Gasteiger partial charge < -0.3 is 0 Å². The van der Waals surface area contributed by atoms with Gasteiger partial charge in [-0.05, 0) is 25.0 Å². The average molecular weight is 261 g/mol.